The van der Waals surface area contributed by atoms with E-state index in [0.29, 0.717) is 0 Å². The number of methoxy groups -OCH3 is 1. The van der Waals surface area contributed by atoms with Crippen molar-refractivity contribution in [3.8, 4) is 5.75 Å². The van der Waals surface area contributed by atoms with Gasteiger partial charge in [-0.3, -0.25) is 0 Å². The Bertz CT molecular complexity index is 438. The Morgan fingerprint density at radius 1 is 1.38 bits per heavy atom. The third-order valence-corrected chi connectivity index (χ3v) is 4.41. The minimum Gasteiger partial charge on any atom is -0.484 e. The molecule has 3 heteroatoms. The lowest BCUT2D eigenvalue weighted by molar-refractivity contribution is -0.0280. The summed E-state index contributed by atoms with van der Waals surface area (Å²) in [5, 5.41) is 0. The van der Waals surface area contributed by atoms with Crippen molar-refractivity contribution in [3.63, 3.8) is 0 Å². The van der Waals surface area contributed by atoms with Crippen molar-refractivity contribution in [2.45, 2.75) is 39.4 Å². The standard InChI is InChI=1S/C13H17BrO2/c1-7-6-9-10(8(2)11(7)14)12(15-5)13(3,4)16-9/h6,12H,1-5H3. The first-order valence-corrected chi connectivity index (χ1v) is 6.19. The van der Waals surface area contributed by atoms with Crippen molar-refractivity contribution in [2.75, 3.05) is 7.11 Å². The second-order valence-corrected chi connectivity index (χ2v) is 5.66. The summed E-state index contributed by atoms with van der Waals surface area (Å²) in [5.74, 6) is 0.954. The molecule has 0 spiro atoms. The fourth-order valence-corrected chi connectivity index (χ4v) is 2.76. The highest BCUT2D eigenvalue weighted by Crippen LogP contribution is 2.48. The van der Waals surface area contributed by atoms with Gasteiger partial charge >= 0.3 is 0 Å². The Balaban J connectivity index is 2.65. The summed E-state index contributed by atoms with van der Waals surface area (Å²) >= 11 is 3.62. The number of aryl methyl sites for hydroxylation is 1. The van der Waals surface area contributed by atoms with E-state index in [-0.39, 0.29) is 11.7 Å². The van der Waals surface area contributed by atoms with Gasteiger partial charge in [0.25, 0.3) is 0 Å². The molecule has 1 unspecified atom stereocenters. The largest absolute Gasteiger partial charge is 0.484 e. The van der Waals surface area contributed by atoms with E-state index in [1.54, 1.807) is 7.11 Å². The van der Waals surface area contributed by atoms with Gasteiger partial charge in [-0.05, 0) is 44.9 Å². The summed E-state index contributed by atoms with van der Waals surface area (Å²) in [5.41, 5.74) is 3.29. The molecule has 1 atom stereocenters. The number of hydrogen-bond acceptors (Lipinski definition) is 2. The van der Waals surface area contributed by atoms with E-state index >= 15 is 0 Å². The second-order valence-electron chi connectivity index (χ2n) is 4.87. The van der Waals surface area contributed by atoms with Crippen LogP contribution in [0.25, 0.3) is 0 Å². The van der Waals surface area contributed by atoms with Crippen molar-refractivity contribution in [2.24, 2.45) is 0 Å². The zero-order chi connectivity index (χ0) is 12.1. The maximum absolute atomic E-state index is 5.97. The molecule has 0 fully saturated rings. The Kier molecular flexibility index (Phi) is 2.79. The minimum absolute atomic E-state index is 0.000556. The highest BCUT2D eigenvalue weighted by atomic mass is 79.9. The van der Waals surface area contributed by atoms with Crippen LogP contribution >= 0.6 is 15.9 Å². The lowest BCUT2D eigenvalue weighted by atomic mass is 9.93. The summed E-state index contributed by atoms with van der Waals surface area (Å²) in [6.45, 7) is 8.30. The highest BCUT2D eigenvalue weighted by Gasteiger charge is 2.43. The van der Waals surface area contributed by atoms with Gasteiger partial charge in [-0.15, -0.1) is 0 Å². The molecule has 0 bridgehead atoms. The van der Waals surface area contributed by atoms with Gasteiger partial charge in [0.05, 0.1) is 0 Å². The average Bonchev–Trinajstić information content (AvgIpc) is 2.44. The van der Waals surface area contributed by atoms with Crippen LogP contribution in [0.4, 0.5) is 0 Å². The van der Waals surface area contributed by atoms with Gasteiger partial charge in [-0.1, -0.05) is 15.9 Å². The number of hydrogen-bond donors (Lipinski definition) is 0. The summed E-state index contributed by atoms with van der Waals surface area (Å²) in [4.78, 5) is 0. The lowest BCUT2D eigenvalue weighted by Crippen LogP contribution is -2.31. The smallest absolute Gasteiger partial charge is 0.134 e. The summed E-state index contributed by atoms with van der Waals surface area (Å²) in [6, 6.07) is 2.08. The summed E-state index contributed by atoms with van der Waals surface area (Å²) in [6.07, 6.45) is -0.000556. The molecule has 2 rings (SSSR count). The zero-order valence-electron chi connectivity index (χ0n) is 10.3. The first-order chi connectivity index (χ1) is 7.38. The molecule has 0 radical (unpaired) electrons. The van der Waals surface area contributed by atoms with E-state index in [1.165, 1.54) is 16.7 Å². The Labute approximate surface area is 105 Å². The molecule has 0 saturated heterocycles. The minimum atomic E-state index is -0.297. The Hall–Kier alpha value is -0.540. The van der Waals surface area contributed by atoms with Crippen LogP contribution in [0.15, 0.2) is 10.5 Å². The molecule has 0 amide bonds. The van der Waals surface area contributed by atoms with Gasteiger partial charge < -0.3 is 9.47 Å². The fraction of sp³-hybridized carbons (Fsp3) is 0.538. The van der Waals surface area contributed by atoms with Gasteiger partial charge in [0.15, 0.2) is 0 Å². The lowest BCUT2D eigenvalue weighted by Gasteiger charge is -2.25. The van der Waals surface area contributed by atoms with Crippen molar-refractivity contribution >= 4 is 15.9 Å². The molecule has 1 aromatic carbocycles. The normalized spacial score (nSPS) is 21.8. The molecule has 16 heavy (non-hydrogen) atoms. The molecular weight excluding hydrogens is 268 g/mol. The Morgan fingerprint density at radius 2 is 2.00 bits per heavy atom. The third-order valence-electron chi connectivity index (χ3n) is 3.19. The zero-order valence-corrected chi connectivity index (χ0v) is 11.9. The molecule has 0 aliphatic carbocycles. The van der Waals surface area contributed by atoms with Crippen molar-refractivity contribution in [1.29, 1.82) is 0 Å². The molecule has 0 N–H and O–H groups in total. The quantitative estimate of drug-likeness (QED) is 0.778. The predicted molar refractivity (Wildman–Crippen MR) is 68.1 cm³/mol. The molecule has 88 valence electrons. The van der Waals surface area contributed by atoms with Crippen LogP contribution in [0.1, 0.15) is 36.6 Å². The third kappa shape index (κ3) is 1.57. The van der Waals surface area contributed by atoms with Crippen molar-refractivity contribution in [3.05, 3.63) is 27.2 Å². The molecule has 1 heterocycles. The highest BCUT2D eigenvalue weighted by molar-refractivity contribution is 9.10. The van der Waals surface area contributed by atoms with Crippen molar-refractivity contribution in [1.82, 2.24) is 0 Å². The van der Waals surface area contributed by atoms with Crippen LogP contribution < -0.4 is 4.74 Å². The number of ether oxygens (including phenoxy) is 2. The fourth-order valence-electron chi connectivity index (χ4n) is 2.43. The van der Waals surface area contributed by atoms with Crippen LogP contribution in [0, 0.1) is 13.8 Å². The van der Waals surface area contributed by atoms with E-state index in [2.05, 4.69) is 49.7 Å². The van der Waals surface area contributed by atoms with E-state index in [1.807, 2.05) is 0 Å². The van der Waals surface area contributed by atoms with E-state index in [9.17, 15) is 0 Å². The van der Waals surface area contributed by atoms with Gasteiger partial charge in [0.1, 0.15) is 17.5 Å². The first-order valence-electron chi connectivity index (χ1n) is 5.40. The van der Waals surface area contributed by atoms with E-state index in [0.717, 1.165) is 10.2 Å². The summed E-state index contributed by atoms with van der Waals surface area (Å²) < 4.78 is 12.7. The van der Waals surface area contributed by atoms with Gasteiger partial charge in [0, 0.05) is 17.1 Å². The van der Waals surface area contributed by atoms with E-state index < -0.39 is 0 Å². The molecule has 1 aromatic rings. The van der Waals surface area contributed by atoms with Gasteiger partial charge in [0.2, 0.25) is 0 Å². The van der Waals surface area contributed by atoms with E-state index in [4.69, 9.17) is 9.47 Å². The van der Waals surface area contributed by atoms with Crippen LogP contribution in [-0.2, 0) is 4.74 Å². The molecule has 1 aliphatic heterocycles. The maximum Gasteiger partial charge on any atom is 0.134 e. The topological polar surface area (TPSA) is 18.5 Å². The Morgan fingerprint density at radius 3 is 2.56 bits per heavy atom. The summed E-state index contributed by atoms with van der Waals surface area (Å²) in [7, 11) is 1.73. The number of benzene rings is 1. The first kappa shape index (κ1) is 11.9. The predicted octanol–water partition coefficient (Wildman–Crippen LogP) is 3.92. The molecule has 0 saturated carbocycles. The van der Waals surface area contributed by atoms with Gasteiger partial charge in [-0.25, -0.2) is 0 Å². The molecule has 0 aromatic heterocycles. The monoisotopic (exact) mass is 284 g/mol. The average molecular weight is 285 g/mol. The molecule has 2 nitrogen and oxygen atoms in total. The molecular formula is C13H17BrO2. The number of fused-ring (bicyclic) bond motifs is 1. The maximum atomic E-state index is 5.97. The number of halogens is 1. The molecule has 1 aliphatic rings. The van der Waals surface area contributed by atoms with Crippen molar-refractivity contribution < 1.29 is 9.47 Å². The SMILES string of the molecule is COC1c2c(cc(C)c(Br)c2C)OC1(C)C. The van der Waals surface area contributed by atoms with Crippen LogP contribution in [0.5, 0.6) is 5.75 Å². The number of rotatable bonds is 1. The van der Waals surface area contributed by atoms with Gasteiger partial charge in [-0.2, -0.15) is 0 Å². The van der Waals surface area contributed by atoms with Crippen LogP contribution in [0.2, 0.25) is 0 Å². The van der Waals surface area contributed by atoms with Crippen LogP contribution in [0.3, 0.4) is 0 Å². The van der Waals surface area contributed by atoms with Crippen LogP contribution in [-0.4, -0.2) is 12.7 Å². The second kappa shape index (κ2) is 3.74.